The van der Waals surface area contributed by atoms with Crippen molar-refractivity contribution in [3.05, 3.63) is 28.2 Å². The van der Waals surface area contributed by atoms with Crippen LogP contribution < -0.4 is 11.5 Å². The molecule has 1 rings (SSSR count). The highest BCUT2D eigenvalue weighted by Gasteiger charge is 2.07. The fourth-order valence-corrected chi connectivity index (χ4v) is 1.65. The van der Waals surface area contributed by atoms with Gasteiger partial charge in [-0.25, -0.2) is 0 Å². The Balaban J connectivity index is 0.00000196. The average molecular weight is 296 g/mol. The van der Waals surface area contributed by atoms with Gasteiger partial charge in [-0.2, -0.15) is 0 Å². The number of halogens is 2. The van der Waals surface area contributed by atoms with Crippen molar-refractivity contribution >= 4 is 28.3 Å². The lowest BCUT2D eigenvalue weighted by Gasteiger charge is -2.11. The summed E-state index contributed by atoms with van der Waals surface area (Å²) in [4.78, 5) is 0. The zero-order valence-corrected chi connectivity index (χ0v) is 10.7. The number of phenols is 1. The number of nitrogens with two attached hydrogens (primary N) is 2. The molecule has 3 nitrogen and oxygen atoms in total. The first-order valence-electron chi connectivity index (χ1n) is 4.59. The van der Waals surface area contributed by atoms with Gasteiger partial charge in [-0.1, -0.05) is 6.07 Å². The molecule has 1 aromatic carbocycles. The Morgan fingerprint density at radius 1 is 1.40 bits per heavy atom. The van der Waals surface area contributed by atoms with Gasteiger partial charge in [-0.05, 0) is 53.0 Å². The quantitative estimate of drug-likeness (QED) is 0.798. The fraction of sp³-hybridized carbons (Fsp3) is 0.400. The van der Waals surface area contributed by atoms with E-state index in [9.17, 15) is 5.11 Å². The molecule has 0 saturated carbocycles. The Labute approximate surface area is 104 Å². The van der Waals surface area contributed by atoms with E-state index in [-0.39, 0.29) is 24.2 Å². The van der Waals surface area contributed by atoms with E-state index in [0.29, 0.717) is 11.0 Å². The molecule has 0 bridgehead atoms. The number of phenolic OH excluding ortho intramolecular Hbond substituents is 1. The molecule has 5 N–H and O–H groups in total. The van der Waals surface area contributed by atoms with Gasteiger partial charge in [0.1, 0.15) is 5.75 Å². The van der Waals surface area contributed by atoms with Gasteiger partial charge in [-0.15, -0.1) is 12.4 Å². The Hall–Kier alpha value is -0.290. The number of aromatic hydroxyl groups is 1. The molecule has 0 amide bonds. The second kappa shape index (κ2) is 7.06. The van der Waals surface area contributed by atoms with Crippen molar-refractivity contribution in [1.29, 1.82) is 0 Å². The average Bonchev–Trinajstić information content (AvgIpc) is 2.18. The molecule has 86 valence electrons. The smallest absolute Gasteiger partial charge is 0.129 e. The number of benzene rings is 1. The van der Waals surface area contributed by atoms with Gasteiger partial charge in [0.2, 0.25) is 0 Å². The zero-order valence-electron chi connectivity index (χ0n) is 8.32. The summed E-state index contributed by atoms with van der Waals surface area (Å²) in [5.74, 6) is 0.236. The van der Waals surface area contributed by atoms with Crippen molar-refractivity contribution in [3.8, 4) is 5.75 Å². The summed E-state index contributed by atoms with van der Waals surface area (Å²) in [5.41, 5.74) is 12.4. The Kier molecular flexibility index (Phi) is 6.92. The third kappa shape index (κ3) is 4.38. The molecule has 5 heteroatoms. The molecule has 0 fully saturated rings. The number of rotatable bonds is 4. The second-order valence-electron chi connectivity index (χ2n) is 3.25. The van der Waals surface area contributed by atoms with Crippen molar-refractivity contribution in [1.82, 2.24) is 0 Å². The monoisotopic (exact) mass is 294 g/mol. The van der Waals surface area contributed by atoms with Crippen LogP contribution in [0.5, 0.6) is 5.75 Å². The summed E-state index contributed by atoms with van der Waals surface area (Å²) in [6.07, 6.45) is 1.79. The first-order valence-corrected chi connectivity index (χ1v) is 5.38. The number of hydrogen-bond donors (Lipinski definition) is 3. The maximum absolute atomic E-state index is 9.29. The predicted octanol–water partition coefficient (Wildman–Crippen LogP) is 2.32. The third-order valence-electron chi connectivity index (χ3n) is 2.12. The van der Waals surface area contributed by atoms with E-state index >= 15 is 0 Å². The summed E-state index contributed by atoms with van der Waals surface area (Å²) in [6, 6.07) is 5.31. The maximum Gasteiger partial charge on any atom is 0.129 e. The summed E-state index contributed by atoms with van der Waals surface area (Å²) in [5, 5.41) is 9.29. The molecular weight excluding hydrogens is 279 g/mol. The Morgan fingerprint density at radius 2 is 2.07 bits per heavy atom. The zero-order chi connectivity index (χ0) is 10.6. The van der Waals surface area contributed by atoms with Gasteiger partial charge in [-0.3, -0.25) is 0 Å². The minimum absolute atomic E-state index is 0. The molecule has 0 spiro atoms. The molecule has 1 aromatic rings. The van der Waals surface area contributed by atoms with E-state index < -0.39 is 0 Å². The van der Waals surface area contributed by atoms with E-state index in [4.69, 9.17) is 11.5 Å². The molecule has 0 aliphatic heterocycles. The lowest BCUT2D eigenvalue weighted by molar-refractivity contribution is 0.471. The Morgan fingerprint density at radius 3 is 2.60 bits per heavy atom. The molecule has 0 aliphatic rings. The Bertz CT molecular complexity index is 309. The highest BCUT2D eigenvalue weighted by Crippen LogP contribution is 2.27. The molecule has 1 atom stereocenters. The summed E-state index contributed by atoms with van der Waals surface area (Å²) in [7, 11) is 0. The van der Waals surface area contributed by atoms with Crippen LogP contribution in [-0.2, 0) is 0 Å². The third-order valence-corrected chi connectivity index (χ3v) is 2.75. The van der Waals surface area contributed by atoms with Gasteiger partial charge < -0.3 is 16.6 Å². The van der Waals surface area contributed by atoms with Crippen LogP contribution in [0.1, 0.15) is 24.4 Å². The van der Waals surface area contributed by atoms with Crippen LogP contribution in [0, 0.1) is 0 Å². The van der Waals surface area contributed by atoms with Gasteiger partial charge in [0, 0.05) is 6.04 Å². The van der Waals surface area contributed by atoms with E-state index in [1.807, 2.05) is 12.1 Å². The van der Waals surface area contributed by atoms with Crippen LogP contribution in [0.2, 0.25) is 0 Å². The van der Waals surface area contributed by atoms with E-state index in [1.165, 1.54) is 0 Å². The second-order valence-corrected chi connectivity index (χ2v) is 4.10. The summed E-state index contributed by atoms with van der Waals surface area (Å²) >= 11 is 3.25. The lowest BCUT2D eigenvalue weighted by atomic mass is 10.0. The van der Waals surface area contributed by atoms with Gasteiger partial charge >= 0.3 is 0 Å². The summed E-state index contributed by atoms with van der Waals surface area (Å²) < 4.78 is 0.679. The van der Waals surface area contributed by atoms with Crippen LogP contribution in [0.25, 0.3) is 0 Å². The molecule has 0 aliphatic carbocycles. The highest BCUT2D eigenvalue weighted by molar-refractivity contribution is 9.10. The van der Waals surface area contributed by atoms with Crippen molar-refractivity contribution in [2.24, 2.45) is 11.5 Å². The molecule has 15 heavy (non-hydrogen) atoms. The maximum atomic E-state index is 9.29. The van der Waals surface area contributed by atoms with Crippen LogP contribution >= 0.6 is 28.3 Å². The largest absolute Gasteiger partial charge is 0.507 e. The minimum Gasteiger partial charge on any atom is -0.507 e. The van der Waals surface area contributed by atoms with Crippen LogP contribution in [0.4, 0.5) is 0 Å². The van der Waals surface area contributed by atoms with E-state index in [1.54, 1.807) is 6.07 Å². The van der Waals surface area contributed by atoms with Crippen LogP contribution in [-0.4, -0.2) is 11.7 Å². The van der Waals surface area contributed by atoms with Crippen molar-refractivity contribution in [2.75, 3.05) is 6.54 Å². The molecule has 0 radical (unpaired) electrons. The normalized spacial score (nSPS) is 11.9. The van der Waals surface area contributed by atoms with Crippen LogP contribution in [0.15, 0.2) is 22.7 Å². The minimum atomic E-state index is -0.00421. The van der Waals surface area contributed by atoms with Crippen LogP contribution in [0.3, 0.4) is 0 Å². The predicted molar refractivity (Wildman–Crippen MR) is 68.3 cm³/mol. The SMILES string of the molecule is Cl.NCCC[C@H](N)c1ccc(O)c(Br)c1. The standard InChI is InChI=1S/C10H15BrN2O.ClH/c11-8-6-7(3-4-10(8)14)9(13)2-1-5-12;/h3-4,6,9,14H,1-2,5,12-13H2;1H/t9-;/m0./s1. The molecular formula is C10H16BrClN2O. The van der Waals surface area contributed by atoms with E-state index in [0.717, 1.165) is 18.4 Å². The van der Waals surface area contributed by atoms with Crippen molar-refractivity contribution in [2.45, 2.75) is 18.9 Å². The van der Waals surface area contributed by atoms with Crippen molar-refractivity contribution in [3.63, 3.8) is 0 Å². The number of hydrogen-bond acceptors (Lipinski definition) is 3. The molecule has 0 saturated heterocycles. The highest BCUT2D eigenvalue weighted by atomic mass is 79.9. The summed E-state index contributed by atoms with van der Waals surface area (Å²) in [6.45, 7) is 0.660. The van der Waals surface area contributed by atoms with Gasteiger partial charge in [0.05, 0.1) is 4.47 Å². The first-order chi connectivity index (χ1) is 6.65. The van der Waals surface area contributed by atoms with E-state index in [2.05, 4.69) is 15.9 Å². The van der Waals surface area contributed by atoms with Gasteiger partial charge in [0.25, 0.3) is 0 Å². The topological polar surface area (TPSA) is 72.3 Å². The fourth-order valence-electron chi connectivity index (χ4n) is 1.26. The van der Waals surface area contributed by atoms with Crippen molar-refractivity contribution < 1.29 is 5.11 Å². The molecule has 0 unspecified atom stereocenters. The lowest BCUT2D eigenvalue weighted by Crippen LogP contribution is -2.12. The first kappa shape index (κ1) is 14.7. The molecule has 0 aromatic heterocycles. The molecule has 0 heterocycles. The van der Waals surface area contributed by atoms with Gasteiger partial charge in [0.15, 0.2) is 0 Å².